The Morgan fingerprint density at radius 2 is 1.83 bits per heavy atom. The highest BCUT2D eigenvalue weighted by molar-refractivity contribution is 5.88. The van der Waals surface area contributed by atoms with Gasteiger partial charge in [-0.1, -0.05) is 43.7 Å². The summed E-state index contributed by atoms with van der Waals surface area (Å²) in [6.07, 6.45) is 4.54. The number of hydrogen-bond donors (Lipinski definition) is 3. The number of hydrogen-bond acceptors (Lipinski definition) is 3. The van der Waals surface area contributed by atoms with Gasteiger partial charge in [0, 0.05) is 6.04 Å². The largest absolute Gasteiger partial charge is 0.393 e. The van der Waals surface area contributed by atoms with Gasteiger partial charge in [-0.25, -0.2) is 0 Å². The van der Waals surface area contributed by atoms with Crippen LogP contribution in [-0.4, -0.2) is 35.1 Å². The van der Waals surface area contributed by atoms with E-state index in [1.807, 2.05) is 37.3 Å². The zero-order valence-electron chi connectivity index (χ0n) is 14.3. The Kier molecular flexibility index (Phi) is 7.25. The molecule has 1 atom stereocenters. The molecule has 0 radical (unpaired) electrons. The third-order valence-electron chi connectivity index (χ3n) is 4.48. The van der Waals surface area contributed by atoms with Crippen LogP contribution in [0.25, 0.3) is 0 Å². The van der Waals surface area contributed by atoms with Gasteiger partial charge in [0.05, 0.1) is 12.5 Å². The van der Waals surface area contributed by atoms with Crippen molar-refractivity contribution in [1.29, 1.82) is 0 Å². The average Bonchev–Trinajstić information content (AvgIpc) is 2.57. The summed E-state index contributed by atoms with van der Waals surface area (Å²) in [5.41, 5.74) is 0.937. The van der Waals surface area contributed by atoms with Crippen molar-refractivity contribution in [1.82, 2.24) is 10.6 Å². The minimum atomic E-state index is -0.488. The molecule has 0 spiro atoms. The van der Waals surface area contributed by atoms with Gasteiger partial charge in [0.2, 0.25) is 11.8 Å². The van der Waals surface area contributed by atoms with Crippen molar-refractivity contribution in [3.63, 3.8) is 0 Å². The Bertz CT molecular complexity index is 525. The summed E-state index contributed by atoms with van der Waals surface area (Å²) >= 11 is 0. The van der Waals surface area contributed by atoms with Gasteiger partial charge in [0.1, 0.15) is 6.04 Å². The van der Waals surface area contributed by atoms with E-state index in [1.54, 1.807) is 0 Å². The summed E-state index contributed by atoms with van der Waals surface area (Å²) in [6, 6.07) is 9.14. The molecule has 1 aromatic carbocycles. The topological polar surface area (TPSA) is 78.4 Å². The highest BCUT2D eigenvalue weighted by Gasteiger charge is 2.25. The fourth-order valence-corrected chi connectivity index (χ4v) is 3.11. The molecule has 1 aromatic rings. The Labute approximate surface area is 143 Å². The number of carbonyl (C=O) groups is 2. The molecule has 2 rings (SSSR count). The van der Waals surface area contributed by atoms with Crippen molar-refractivity contribution in [2.24, 2.45) is 0 Å². The normalized spacial score (nSPS) is 21.8. The second-order valence-electron chi connectivity index (χ2n) is 6.59. The van der Waals surface area contributed by atoms with Crippen LogP contribution < -0.4 is 10.6 Å². The Morgan fingerprint density at radius 1 is 1.17 bits per heavy atom. The van der Waals surface area contributed by atoms with Crippen LogP contribution in [0.15, 0.2) is 30.3 Å². The van der Waals surface area contributed by atoms with Crippen LogP contribution in [0, 0.1) is 0 Å². The van der Waals surface area contributed by atoms with Crippen molar-refractivity contribution in [3.8, 4) is 0 Å². The van der Waals surface area contributed by atoms with Gasteiger partial charge in [-0.3, -0.25) is 9.59 Å². The smallest absolute Gasteiger partial charge is 0.242 e. The lowest BCUT2D eigenvalue weighted by Gasteiger charge is -2.28. The molecule has 1 fully saturated rings. The first-order valence-corrected chi connectivity index (χ1v) is 8.90. The standard InChI is InChI=1S/C19H28N2O3/c1-2-6-17(19(24)20-15-9-11-16(22)12-10-15)21-18(23)13-14-7-4-3-5-8-14/h3-5,7-8,15-17,22H,2,6,9-13H2,1H3,(H,20,24)(H,21,23). The summed E-state index contributed by atoms with van der Waals surface area (Å²) in [4.78, 5) is 24.7. The molecular weight excluding hydrogens is 304 g/mol. The lowest BCUT2D eigenvalue weighted by atomic mass is 9.93. The molecule has 0 heterocycles. The highest BCUT2D eigenvalue weighted by Crippen LogP contribution is 2.18. The minimum Gasteiger partial charge on any atom is -0.393 e. The van der Waals surface area contributed by atoms with E-state index in [2.05, 4.69) is 10.6 Å². The van der Waals surface area contributed by atoms with E-state index in [1.165, 1.54) is 0 Å². The van der Waals surface area contributed by atoms with Gasteiger partial charge in [-0.2, -0.15) is 0 Å². The summed E-state index contributed by atoms with van der Waals surface area (Å²) in [5, 5.41) is 15.4. The third kappa shape index (κ3) is 5.96. The highest BCUT2D eigenvalue weighted by atomic mass is 16.3. The van der Waals surface area contributed by atoms with E-state index in [0.29, 0.717) is 6.42 Å². The molecule has 5 nitrogen and oxygen atoms in total. The van der Waals surface area contributed by atoms with Crippen molar-refractivity contribution >= 4 is 11.8 Å². The van der Waals surface area contributed by atoms with Crippen LogP contribution in [0.1, 0.15) is 51.0 Å². The number of aliphatic hydroxyl groups is 1. The number of rotatable bonds is 7. The molecule has 132 valence electrons. The van der Waals surface area contributed by atoms with E-state index in [-0.39, 0.29) is 30.4 Å². The summed E-state index contributed by atoms with van der Waals surface area (Å²) < 4.78 is 0. The fourth-order valence-electron chi connectivity index (χ4n) is 3.11. The Balaban J connectivity index is 1.85. The van der Waals surface area contributed by atoms with Crippen molar-refractivity contribution in [2.45, 2.75) is 70.1 Å². The quantitative estimate of drug-likeness (QED) is 0.714. The molecule has 0 bridgehead atoms. The summed E-state index contributed by atoms with van der Waals surface area (Å²) in [5.74, 6) is -0.242. The molecule has 1 aliphatic rings. The number of nitrogens with one attached hydrogen (secondary N) is 2. The van der Waals surface area contributed by atoms with Crippen LogP contribution in [-0.2, 0) is 16.0 Å². The van der Waals surface area contributed by atoms with Crippen molar-refractivity contribution in [2.75, 3.05) is 0 Å². The fraction of sp³-hybridized carbons (Fsp3) is 0.579. The van der Waals surface area contributed by atoms with Gasteiger partial charge in [-0.05, 0) is 37.7 Å². The number of amides is 2. The SMILES string of the molecule is CCCC(NC(=O)Cc1ccccc1)C(=O)NC1CCC(O)CC1. The average molecular weight is 332 g/mol. The molecule has 24 heavy (non-hydrogen) atoms. The zero-order chi connectivity index (χ0) is 17.4. The molecule has 0 aromatic heterocycles. The molecule has 5 heteroatoms. The van der Waals surface area contributed by atoms with Crippen LogP contribution in [0.4, 0.5) is 0 Å². The summed E-state index contributed by atoms with van der Waals surface area (Å²) in [6.45, 7) is 2.00. The second-order valence-corrected chi connectivity index (χ2v) is 6.59. The number of carbonyl (C=O) groups excluding carboxylic acids is 2. The monoisotopic (exact) mass is 332 g/mol. The van der Waals surface area contributed by atoms with Gasteiger partial charge in [-0.15, -0.1) is 0 Å². The Morgan fingerprint density at radius 3 is 2.46 bits per heavy atom. The molecule has 0 saturated heterocycles. The van der Waals surface area contributed by atoms with Crippen LogP contribution >= 0.6 is 0 Å². The molecular formula is C19H28N2O3. The van der Waals surface area contributed by atoms with Crippen molar-refractivity contribution < 1.29 is 14.7 Å². The lowest BCUT2D eigenvalue weighted by Crippen LogP contribution is -2.50. The van der Waals surface area contributed by atoms with Crippen molar-refractivity contribution in [3.05, 3.63) is 35.9 Å². The first-order chi connectivity index (χ1) is 11.6. The molecule has 1 unspecified atom stereocenters. The number of aliphatic hydroxyl groups excluding tert-OH is 1. The predicted octanol–water partition coefficient (Wildman–Crippen LogP) is 1.93. The van der Waals surface area contributed by atoms with Gasteiger partial charge in [0.25, 0.3) is 0 Å². The summed E-state index contributed by atoms with van der Waals surface area (Å²) in [7, 11) is 0. The minimum absolute atomic E-state index is 0.103. The van der Waals surface area contributed by atoms with Crippen LogP contribution in [0.3, 0.4) is 0 Å². The molecule has 3 N–H and O–H groups in total. The first-order valence-electron chi connectivity index (χ1n) is 8.90. The van der Waals surface area contributed by atoms with E-state index < -0.39 is 6.04 Å². The van der Waals surface area contributed by atoms with E-state index >= 15 is 0 Å². The van der Waals surface area contributed by atoms with Gasteiger partial charge < -0.3 is 15.7 Å². The first kappa shape index (κ1) is 18.5. The second kappa shape index (κ2) is 9.42. The molecule has 2 amide bonds. The third-order valence-corrected chi connectivity index (χ3v) is 4.48. The van der Waals surface area contributed by atoms with Crippen LogP contribution in [0.2, 0.25) is 0 Å². The van der Waals surface area contributed by atoms with Gasteiger partial charge >= 0.3 is 0 Å². The lowest BCUT2D eigenvalue weighted by molar-refractivity contribution is -0.129. The van der Waals surface area contributed by atoms with E-state index in [9.17, 15) is 14.7 Å². The van der Waals surface area contributed by atoms with Gasteiger partial charge in [0.15, 0.2) is 0 Å². The zero-order valence-corrected chi connectivity index (χ0v) is 14.3. The Hall–Kier alpha value is -1.88. The maximum absolute atomic E-state index is 12.5. The van der Waals surface area contributed by atoms with E-state index in [4.69, 9.17) is 0 Å². The molecule has 1 saturated carbocycles. The predicted molar refractivity (Wildman–Crippen MR) is 93.4 cm³/mol. The number of benzene rings is 1. The maximum Gasteiger partial charge on any atom is 0.242 e. The molecule has 0 aliphatic heterocycles. The molecule has 1 aliphatic carbocycles. The van der Waals surface area contributed by atoms with Crippen LogP contribution in [0.5, 0.6) is 0 Å². The maximum atomic E-state index is 12.5. The van der Waals surface area contributed by atoms with E-state index in [0.717, 1.165) is 37.7 Å².